The standard InChI is InChI=1S/C18H18BF3N4O3/c19-13-5-10(8-25-17(13)29-9-18(20,21)22)7-24-15(27)12-3-4-23-14(6-12)26-16(28)11-1-2-11/h3-6,8,11H,1-2,7,9,19H2,(H,24,27)(H,23,26,28). The number of aromatic nitrogens is 2. The highest BCUT2D eigenvalue weighted by Crippen LogP contribution is 2.29. The summed E-state index contributed by atoms with van der Waals surface area (Å²) < 4.78 is 41.4. The molecule has 29 heavy (non-hydrogen) atoms. The van der Waals surface area contributed by atoms with Crippen molar-refractivity contribution in [1.82, 2.24) is 15.3 Å². The van der Waals surface area contributed by atoms with Crippen molar-refractivity contribution in [3.63, 3.8) is 0 Å². The molecule has 0 aliphatic heterocycles. The molecule has 11 heteroatoms. The Bertz CT molecular complexity index is 919. The molecular weight excluding hydrogens is 388 g/mol. The van der Waals surface area contributed by atoms with E-state index in [0.717, 1.165) is 12.8 Å². The Kier molecular flexibility index (Phi) is 6.04. The van der Waals surface area contributed by atoms with Crippen LogP contribution in [0.25, 0.3) is 0 Å². The van der Waals surface area contributed by atoms with E-state index in [0.29, 0.717) is 22.4 Å². The molecule has 1 aliphatic rings. The first kappa shape index (κ1) is 20.6. The van der Waals surface area contributed by atoms with Gasteiger partial charge < -0.3 is 15.4 Å². The Labute approximate surface area is 165 Å². The summed E-state index contributed by atoms with van der Waals surface area (Å²) in [6.07, 6.45) is 0.0457. The van der Waals surface area contributed by atoms with Gasteiger partial charge in [-0.25, -0.2) is 9.97 Å². The van der Waals surface area contributed by atoms with Gasteiger partial charge in [-0.3, -0.25) is 9.59 Å². The van der Waals surface area contributed by atoms with E-state index >= 15 is 0 Å². The second-order valence-corrected chi connectivity index (χ2v) is 6.75. The number of anilines is 1. The van der Waals surface area contributed by atoms with Crippen LogP contribution in [0.3, 0.4) is 0 Å². The maximum atomic E-state index is 12.3. The maximum absolute atomic E-state index is 12.3. The Hall–Kier alpha value is -3.11. The Morgan fingerprint density at radius 3 is 2.66 bits per heavy atom. The Balaban J connectivity index is 1.56. The topological polar surface area (TPSA) is 93.2 Å². The Morgan fingerprint density at radius 1 is 1.24 bits per heavy atom. The molecule has 0 radical (unpaired) electrons. The van der Waals surface area contributed by atoms with Crippen LogP contribution in [-0.2, 0) is 11.3 Å². The van der Waals surface area contributed by atoms with Crippen molar-refractivity contribution >= 4 is 30.9 Å². The van der Waals surface area contributed by atoms with Crippen LogP contribution >= 0.6 is 0 Å². The average molecular weight is 406 g/mol. The van der Waals surface area contributed by atoms with Gasteiger partial charge in [0.2, 0.25) is 11.8 Å². The number of hydrogen-bond donors (Lipinski definition) is 2. The molecule has 2 aromatic rings. The molecule has 0 saturated heterocycles. The molecule has 2 N–H and O–H groups in total. The summed E-state index contributed by atoms with van der Waals surface area (Å²) in [5, 5.41) is 5.37. The average Bonchev–Trinajstić information content (AvgIpc) is 3.50. The highest BCUT2D eigenvalue weighted by atomic mass is 19.4. The summed E-state index contributed by atoms with van der Waals surface area (Å²) in [5.74, 6) is -0.275. The van der Waals surface area contributed by atoms with Crippen molar-refractivity contribution < 1.29 is 27.5 Å². The third-order valence-corrected chi connectivity index (χ3v) is 4.13. The van der Waals surface area contributed by atoms with Crippen LogP contribution in [0.5, 0.6) is 5.88 Å². The summed E-state index contributed by atoms with van der Waals surface area (Å²) in [6.45, 7) is -1.29. The summed E-state index contributed by atoms with van der Waals surface area (Å²) in [7, 11) is 1.57. The molecule has 0 aromatic carbocycles. The largest absolute Gasteiger partial charge is 0.468 e. The van der Waals surface area contributed by atoms with Crippen molar-refractivity contribution in [3.05, 3.63) is 41.7 Å². The molecule has 1 aliphatic carbocycles. The number of carbonyl (C=O) groups excluding carboxylic acids is 2. The number of alkyl halides is 3. The van der Waals surface area contributed by atoms with E-state index < -0.39 is 12.8 Å². The lowest BCUT2D eigenvalue weighted by Gasteiger charge is -2.12. The number of carbonyl (C=O) groups is 2. The number of rotatable bonds is 7. The number of nitrogens with zero attached hydrogens (tertiary/aromatic N) is 2. The second-order valence-electron chi connectivity index (χ2n) is 6.75. The smallest absolute Gasteiger partial charge is 0.422 e. The zero-order chi connectivity index (χ0) is 21.0. The first-order valence-electron chi connectivity index (χ1n) is 8.91. The minimum Gasteiger partial charge on any atom is -0.468 e. The van der Waals surface area contributed by atoms with E-state index in [9.17, 15) is 22.8 Å². The molecule has 2 amide bonds. The summed E-state index contributed by atoms with van der Waals surface area (Å²) in [4.78, 5) is 32.0. The van der Waals surface area contributed by atoms with Crippen molar-refractivity contribution in [1.29, 1.82) is 0 Å². The summed E-state index contributed by atoms with van der Waals surface area (Å²) >= 11 is 0. The predicted octanol–water partition coefficient (Wildman–Crippen LogP) is 0.955. The van der Waals surface area contributed by atoms with Crippen LogP contribution in [0.15, 0.2) is 30.6 Å². The molecule has 1 fully saturated rings. The van der Waals surface area contributed by atoms with Crippen LogP contribution in [0.1, 0.15) is 28.8 Å². The van der Waals surface area contributed by atoms with Crippen molar-refractivity contribution in [2.45, 2.75) is 25.6 Å². The number of hydrogen-bond acceptors (Lipinski definition) is 5. The number of ether oxygens (including phenoxy) is 1. The molecule has 0 bridgehead atoms. The van der Waals surface area contributed by atoms with E-state index in [1.54, 1.807) is 13.9 Å². The quantitative estimate of drug-likeness (QED) is 0.669. The lowest BCUT2D eigenvalue weighted by atomic mass is 9.96. The zero-order valence-electron chi connectivity index (χ0n) is 15.5. The van der Waals surface area contributed by atoms with Gasteiger partial charge in [0.15, 0.2) is 6.61 Å². The van der Waals surface area contributed by atoms with Gasteiger partial charge in [-0.05, 0) is 36.0 Å². The van der Waals surface area contributed by atoms with E-state index in [1.807, 2.05) is 0 Å². The van der Waals surface area contributed by atoms with Gasteiger partial charge in [0.1, 0.15) is 13.7 Å². The van der Waals surface area contributed by atoms with E-state index in [1.165, 1.54) is 24.5 Å². The van der Waals surface area contributed by atoms with Gasteiger partial charge in [0.25, 0.3) is 5.91 Å². The monoisotopic (exact) mass is 406 g/mol. The third-order valence-electron chi connectivity index (χ3n) is 4.13. The molecule has 2 heterocycles. The highest BCUT2D eigenvalue weighted by Gasteiger charge is 2.30. The van der Waals surface area contributed by atoms with Gasteiger partial charge in [0, 0.05) is 30.4 Å². The summed E-state index contributed by atoms with van der Waals surface area (Å²) in [5.41, 5.74) is 1.35. The highest BCUT2D eigenvalue weighted by molar-refractivity contribution is 6.34. The lowest BCUT2D eigenvalue weighted by molar-refractivity contribution is -0.153. The van der Waals surface area contributed by atoms with Crippen molar-refractivity contribution in [3.8, 4) is 5.88 Å². The molecule has 2 aromatic heterocycles. The zero-order valence-corrected chi connectivity index (χ0v) is 15.5. The fraction of sp³-hybridized carbons (Fsp3) is 0.333. The molecule has 3 rings (SSSR count). The van der Waals surface area contributed by atoms with Crippen LogP contribution in [-0.4, -0.2) is 42.4 Å². The fourth-order valence-electron chi connectivity index (χ4n) is 2.52. The Morgan fingerprint density at radius 2 is 2.00 bits per heavy atom. The molecule has 152 valence electrons. The van der Waals surface area contributed by atoms with Gasteiger partial charge in [0.05, 0.1) is 0 Å². The number of nitrogens with one attached hydrogen (secondary N) is 2. The molecule has 0 atom stereocenters. The minimum absolute atomic E-state index is 0.0214. The number of pyridine rings is 2. The number of amides is 2. The minimum atomic E-state index is -4.44. The molecule has 0 spiro atoms. The van der Waals surface area contributed by atoms with Crippen LogP contribution in [0.2, 0.25) is 0 Å². The maximum Gasteiger partial charge on any atom is 0.422 e. The van der Waals surface area contributed by atoms with Crippen LogP contribution in [0.4, 0.5) is 19.0 Å². The first-order chi connectivity index (χ1) is 13.7. The molecular formula is C18H18BF3N4O3. The van der Waals surface area contributed by atoms with Crippen molar-refractivity contribution in [2.75, 3.05) is 11.9 Å². The molecule has 1 saturated carbocycles. The second kappa shape index (κ2) is 8.50. The lowest BCUT2D eigenvalue weighted by Crippen LogP contribution is -2.25. The third kappa shape index (κ3) is 6.20. The molecule has 7 nitrogen and oxygen atoms in total. The van der Waals surface area contributed by atoms with Gasteiger partial charge in [-0.2, -0.15) is 13.2 Å². The summed E-state index contributed by atoms with van der Waals surface area (Å²) in [6, 6.07) is 4.58. The molecule has 0 unspecified atom stereocenters. The SMILES string of the molecule is Bc1cc(CNC(=O)c2ccnc(NC(=O)C3CC3)c2)cnc1OCC(F)(F)F. The van der Waals surface area contributed by atoms with Gasteiger partial charge in [-0.15, -0.1) is 0 Å². The number of halogens is 3. The van der Waals surface area contributed by atoms with Crippen LogP contribution < -0.4 is 20.8 Å². The van der Waals surface area contributed by atoms with Gasteiger partial charge in [-0.1, -0.05) is 6.07 Å². The van der Waals surface area contributed by atoms with Gasteiger partial charge >= 0.3 is 6.18 Å². The first-order valence-corrected chi connectivity index (χ1v) is 8.91. The van der Waals surface area contributed by atoms with E-state index in [4.69, 9.17) is 0 Å². The van der Waals surface area contributed by atoms with Crippen LogP contribution in [0, 0.1) is 5.92 Å². The van der Waals surface area contributed by atoms with E-state index in [2.05, 4.69) is 25.3 Å². The fourth-order valence-corrected chi connectivity index (χ4v) is 2.52. The predicted molar refractivity (Wildman–Crippen MR) is 101 cm³/mol. The van der Waals surface area contributed by atoms with E-state index in [-0.39, 0.29) is 30.2 Å². The van der Waals surface area contributed by atoms with Crippen molar-refractivity contribution in [2.24, 2.45) is 5.92 Å². The normalized spacial score (nSPS) is 13.6.